The molecule has 0 saturated carbocycles. The van der Waals surface area contributed by atoms with Crippen molar-refractivity contribution < 1.29 is 4.79 Å². The Hall–Kier alpha value is -1.00. The van der Waals surface area contributed by atoms with Gasteiger partial charge in [-0.1, -0.05) is 6.07 Å². The van der Waals surface area contributed by atoms with Gasteiger partial charge >= 0.3 is 0 Å². The van der Waals surface area contributed by atoms with Crippen molar-refractivity contribution in [1.29, 1.82) is 0 Å². The zero-order chi connectivity index (χ0) is 12.4. The normalized spacial score (nSPS) is 20.6. The van der Waals surface area contributed by atoms with Crippen molar-refractivity contribution in [1.82, 2.24) is 0 Å². The highest BCUT2D eigenvalue weighted by Crippen LogP contribution is 2.36. The average Bonchev–Trinajstić information content (AvgIpc) is 2.28. The fourth-order valence-corrected chi connectivity index (χ4v) is 2.81. The van der Waals surface area contributed by atoms with E-state index in [2.05, 4.69) is 17.4 Å². The van der Waals surface area contributed by atoms with E-state index in [4.69, 9.17) is 5.73 Å². The zero-order valence-electron chi connectivity index (χ0n) is 10.2. The summed E-state index contributed by atoms with van der Waals surface area (Å²) in [7, 11) is 0. The smallest absolute Gasteiger partial charge is 0.237 e. The predicted octanol–water partition coefficient (Wildman–Crippen LogP) is 2.40. The topological polar surface area (TPSA) is 55.1 Å². The summed E-state index contributed by atoms with van der Waals surface area (Å²) in [5, 5.41) is 2.91. The maximum atomic E-state index is 11.5. The monoisotopic (exact) mass is 250 g/mol. The molecule has 1 aromatic carbocycles. The Morgan fingerprint density at radius 3 is 3.00 bits per heavy atom. The van der Waals surface area contributed by atoms with Crippen LogP contribution in [-0.2, 0) is 11.2 Å². The zero-order valence-corrected chi connectivity index (χ0v) is 11.0. The fourth-order valence-electron chi connectivity index (χ4n) is 1.80. The van der Waals surface area contributed by atoms with Crippen molar-refractivity contribution in [3.63, 3.8) is 0 Å². The SMILES string of the molecule is CC(N)CCc1ccc2c(c1)SC(C)C(=O)N2. The van der Waals surface area contributed by atoms with Gasteiger partial charge in [-0.25, -0.2) is 0 Å². The van der Waals surface area contributed by atoms with Crippen LogP contribution in [0.1, 0.15) is 25.8 Å². The minimum absolute atomic E-state index is 0.00816. The lowest BCUT2D eigenvalue weighted by Crippen LogP contribution is -2.26. The van der Waals surface area contributed by atoms with Crippen molar-refractivity contribution in [2.45, 2.75) is 42.9 Å². The average molecular weight is 250 g/mol. The molecule has 2 rings (SSSR count). The van der Waals surface area contributed by atoms with E-state index < -0.39 is 0 Å². The predicted molar refractivity (Wildman–Crippen MR) is 72.4 cm³/mol. The minimum atomic E-state index is -0.00816. The molecule has 0 saturated heterocycles. The number of amides is 1. The molecule has 0 fully saturated rings. The Bertz CT molecular complexity index is 431. The molecule has 3 N–H and O–H groups in total. The number of benzene rings is 1. The van der Waals surface area contributed by atoms with Gasteiger partial charge in [-0.05, 0) is 44.4 Å². The van der Waals surface area contributed by atoms with Gasteiger partial charge in [0.15, 0.2) is 0 Å². The van der Waals surface area contributed by atoms with Crippen LogP contribution in [0.3, 0.4) is 0 Å². The lowest BCUT2D eigenvalue weighted by molar-refractivity contribution is -0.115. The number of hydrogen-bond acceptors (Lipinski definition) is 3. The fraction of sp³-hybridized carbons (Fsp3) is 0.462. The lowest BCUT2D eigenvalue weighted by atomic mass is 10.1. The number of nitrogens with two attached hydrogens (primary N) is 1. The molecule has 1 aliphatic heterocycles. The summed E-state index contributed by atoms with van der Waals surface area (Å²) in [6.07, 6.45) is 1.99. The number of carbonyl (C=O) groups excluding carboxylic acids is 1. The molecule has 0 radical (unpaired) electrons. The molecule has 0 bridgehead atoms. The Kier molecular flexibility index (Phi) is 3.74. The lowest BCUT2D eigenvalue weighted by Gasteiger charge is -2.22. The van der Waals surface area contributed by atoms with E-state index in [0.29, 0.717) is 0 Å². The molecule has 1 aromatic rings. The molecule has 17 heavy (non-hydrogen) atoms. The summed E-state index contributed by atoms with van der Waals surface area (Å²) >= 11 is 1.63. The van der Waals surface area contributed by atoms with E-state index in [1.54, 1.807) is 11.8 Å². The highest BCUT2D eigenvalue weighted by atomic mass is 32.2. The van der Waals surface area contributed by atoms with Crippen LogP contribution in [0, 0.1) is 0 Å². The van der Waals surface area contributed by atoms with Crippen molar-refractivity contribution in [3.05, 3.63) is 23.8 Å². The quantitative estimate of drug-likeness (QED) is 0.866. The van der Waals surface area contributed by atoms with Gasteiger partial charge < -0.3 is 11.1 Å². The maximum Gasteiger partial charge on any atom is 0.237 e. The Balaban J connectivity index is 2.14. The number of thioether (sulfide) groups is 1. The molecule has 0 aromatic heterocycles. The Morgan fingerprint density at radius 1 is 1.53 bits per heavy atom. The van der Waals surface area contributed by atoms with Crippen molar-refractivity contribution in [2.75, 3.05) is 5.32 Å². The van der Waals surface area contributed by atoms with Gasteiger partial charge in [-0.2, -0.15) is 0 Å². The molecule has 2 unspecified atom stereocenters. The van der Waals surface area contributed by atoms with Gasteiger partial charge in [-0.15, -0.1) is 11.8 Å². The molecular weight excluding hydrogens is 232 g/mol. The third kappa shape index (κ3) is 3.01. The van der Waals surface area contributed by atoms with Crippen LogP contribution in [-0.4, -0.2) is 17.2 Å². The number of rotatable bonds is 3. The van der Waals surface area contributed by atoms with Gasteiger partial charge in [0.05, 0.1) is 10.9 Å². The van der Waals surface area contributed by atoms with Gasteiger partial charge in [0, 0.05) is 10.9 Å². The molecule has 1 heterocycles. The van der Waals surface area contributed by atoms with Gasteiger partial charge in [-0.3, -0.25) is 4.79 Å². The summed E-state index contributed by atoms with van der Waals surface area (Å²) in [5.74, 6) is 0.0887. The molecule has 1 aliphatic rings. The number of fused-ring (bicyclic) bond motifs is 1. The third-order valence-electron chi connectivity index (χ3n) is 2.87. The highest BCUT2D eigenvalue weighted by Gasteiger charge is 2.22. The first-order valence-corrected chi connectivity index (χ1v) is 6.80. The van der Waals surface area contributed by atoms with Crippen LogP contribution in [0.2, 0.25) is 0 Å². The van der Waals surface area contributed by atoms with Crippen LogP contribution in [0.4, 0.5) is 5.69 Å². The molecule has 92 valence electrons. The second-order valence-corrected chi connectivity index (χ2v) is 5.98. The summed E-state index contributed by atoms with van der Waals surface area (Å²) < 4.78 is 0. The summed E-state index contributed by atoms with van der Waals surface area (Å²) in [5.41, 5.74) is 7.98. The number of nitrogens with one attached hydrogen (secondary N) is 1. The number of carbonyl (C=O) groups is 1. The van der Waals surface area contributed by atoms with Crippen molar-refractivity contribution in [2.24, 2.45) is 5.73 Å². The largest absolute Gasteiger partial charge is 0.328 e. The number of hydrogen-bond donors (Lipinski definition) is 2. The van der Waals surface area contributed by atoms with E-state index in [1.165, 1.54) is 10.5 Å². The standard InChI is InChI=1S/C13H18N2OS/c1-8(14)3-4-10-5-6-11-12(7-10)17-9(2)13(16)15-11/h5-9H,3-4,14H2,1-2H3,(H,15,16). The first-order chi connectivity index (χ1) is 8.06. The van der Waals surface area contributed by atoms with E-state index >= 15 is 0 Å². The van der Waals surface area contributed by atoms with E-state index in [-0.39, 0.29) is 17.2 Å². The van der Waals surface area contributed by atoms with Crippen molar-refractivity contribution in [3.8, 4) is 0 Å². The molecule has 0 aliphatic carbocycles. The second kappa shape index (κ2) is 5.10. The maximum absolute atomic E-state index is 11.5. The molecule has 0 spiro atoms. The van der Waals surface area contributed by atoms with Gasteiger partial charge in [0.1, 0.15) is 0 Å². The minimum Gasteiger partial charge on any atom is -0.328 e. The van der Waals surface area contributed by atoms with Crippen LogP contribution in [0.15, 0.2) is 23.1 Å². The molecule has 1 amide bonds. The molecule has 2 atom stereocenters. The van der Waals surface area contributed by atoms with Crippen LogP contribution >= 0.6 is 11.8 Å². The number of aryl methyl sites for hydroxylation is 1. The first kappa shape index (κ1) is 12.5. The highest BCUT2D eigenvalue weighted by molar-refractivity contribution is 8.00. The van der Waals surface area contributed by atoms with Crippen molar-refractivity contribution >= 4 is 23.4 Å². The third-order valence-corrected chi connectivity index (χ3v) is 4.02. The first-order valence-electron chi connectivity index (χ1n) is 5.92. The Morgan fingerprint density at radius 2 is 2.29 bits per heavy atom. The summed E-state index contributed by atoms with van der Waals surface area (Å²) in [6, 6.07) is 6.45. The van der Waals surface area contributed by atoms with Crippen LogP contribution in [0.25, 0.3) is 0 Å². The summed E-state index contributed by atoms with van der Waals surface area (Å²) in [6.45, 7) is 3.95. The number of anilines is 1. The molecule has 4 heteroatoms. The van der Waals surface area contributed by atoms with Gasteiger partial charge in [0.25, 0.3) is 0 Å². The molecular formula is C13H18N2OS. The molecule has 3 nitrogen and oxygen atoms in total. The Labute approximate surface area is 106 Å². The van der Waals surface area contributed by atoms with E-state index in [1.807, 2.05) is 19.9 Å². The van der Waals surface area contributed by atoms with E-state index in [9.17, 15) is 4.79 Å². The van der Waals surface area contributed by atoms with Gasteiger partial charge in [0.2, 0.25) is 5.91 Å². The van der Waals surface area contributed by atoms with Crippen LogP contribution in [0.5, 0.6) is 0 Å². The second-order valence-electron chi connectivity index (χ2n) is 4.60. The van der Waals surface area contributed by atoms with E-state index in [0.717, 1.165) is 18.5 Å². The summed E-state index contributed by atoms with van der Waals surface area (Å²) in [4.78, 5) is 12.7. The van der Waals surface area contributed by atoms with Crippen LogP contribution < -0.4 is 11.1 Å².